The molecular weight excluding hydrogens is 352 g/mol. The molecular formula is C22H24N4O2. The van der Waals surface area contributed by atoms with Crippen LogP contribution in [0, 0.1) is 6.92 Å². The highest BCUT2D eigenvalue weighted by Crippen LogP contribution is 2.31. The van der Waals surface area contributed by atoms with Gasteiger partial charge in [0, 0.05) is 43.5 Å². The first kappa shape index (κ1) is 18.4. The summed E-state index contributed by atoms with van der Waals surface area (Å²) in [6, 6.07) is 12.2. The Kier molecular flexibility index (Phi) is 4.96. The van der Waals surface area contributed by atoms with Crippen LogP contribution < -0.4 is 4.90 Å². The number of amides is 1. The normalized spacial score (nSPS) is 14.3. The van der Waals surface area contributed by atoms with Gasteiger partial charge < -0.3 is 14.5 Å². The van der Waals surface area contributed by atoms with E-state index in [1.807, 2.05) is 18.2 Å². The molecule has 0 spiro atoms. The van der Waals surface area contributed by atoms with Crippen LogP contribution in [0.3, 0.4) is 0 Å². The minimum absolute atomic E-state index is 0.00232. The van der Waals surface area contributed by atoms with Crippen molar-refractivity contribution in [2.24, 2.45) is 0 Å². The Labute approximate surface area is 164 Å². The summed E-state index contributed by atoms with van der Waals surface area (Å²) >= 11 is 0. The molecule has 6 nitrogen and oxygen atoms in total. The largest absolute Gasteiger partial charge is 0.378 e. The van der Waals surface area contributed by atoms with E-state index in [1.54, 1.807) is 25.2 Å². The highest BCUT2D eigenvalue weighted by atomic mass is 16.5. The van der Waals surface area contributed by atoms with Gasteiger partial charge in [0.15, 0.2) is 5.82 Å². The highest BCUT2D eigenvalue weighted by molar-refractivity contribution is 5.97. The first-order valence-corrected chi connectivity index (χ1v) is 9.45. The molecule has 1 fully saturated rings. The van der Waals surface area contributed by atoms with E-state index >= 15 is 0 Å². The van der Waals surface area contributed by atoms with E-state index in [0.29, 0.717) is 18.8 Å². The monoisotopic (exact) mass is 376 g/mol. The highest BCUT2D eigenvalue weighted by Gasteiger charge is 2.17. The molecule has 2 heterocycles. The van der Waals surface area contributed by atoms with Crippen molar-refractivity contribution < 1.29 is 9.53 Å². The third-order valence-electron chi connectivity index (χ3n) is 5.15. The summed E-state index contributed by atoms with van der Waals surface area (Å²) in [4.78, 5) is 16.2. The number of hydrogen-bond acceptors (Lipinski definition) is 5. The summed E-state index contributed by atoms with van der Waals surface area (Å²) in [7, 11) is 3.54. The number of ether oxygens (including phenoxy) is 1. The lowest BCUT2D eigenvalue weighted by Gasteiger charge is -2.28. The first-order valence-electron chi connectivity index (χ1n) is 9.45. The molecule has 28 heavy (non-hydrogen) atoms. The van der Waals surface area contributed by atoms with Crippen LogP contribution >= 0.6 is 0 Å². The van der Waals surface area contributed by atoms with E-state index in [1.165, 1.54) is 0 Å². The molecule has 2 aromatic carbocycles. The average molecular weight is 376 g/mol. The van der Waals surface area contributed by atoms with Gasteiger partial charge in [-0.15, -0.1) is 5.10 Å². The van der Waals surface area contributed by atoms with Crippen LogP contribution in [0.5, 0.6) is 0 Å². The molecule has 0 aliphatic carbocycles. The molecule has 0 N–H and O–H groups in total. The standard InChI is InChI=1S/C22H24N4O2/c1-15-4-5-17(22(27)25(2)3)13-20(15)16-6-7-19-18(12-16)14-23-24-21(19)26-8-10-28-11-9-26/h4-7,12-14H,8-11H2,1-3H3. The van der Waals surface area contributed by atoms with Gasteiger partial charge in [-0.3, -0.25) is 4.79 Å². The number of nitrogens with zero attached hydrogens (tertiary/aromatic N) is 4. The summed E-state index contributed by atoms with van der Waals surface area (Å²) in [6.07, 6.45) is 1.80. The molecule has 1 saturated heterocycles. The fourth-order valence-electron chi connectivity index (χ4n) is 3.57. The lowest BCUT2D eigenvalue weighted by atomic mass is 9.96. The third-order valence-corrected chi connectivity index (χ3v) is 5.15. The molecule has 0 atom stereocenters. The second-order valence-corrected chi connectivity index (χ2v) is 7.30. The lowest BCUT2D eigenvalue weighted by Crippen LogP contribution is -2.37. The molecule has 0 unspecified atom stereocenters. The molecule has 1 amide bonds. The zero-order valence-corrected chi connectivity index (χ0v) is 16.5. The Morgan fingerprint density at radius 1 is 1.11 bits per heavy atom. The van der Waals surface area contributed by atoms with Gasteiger partial charge in [-0.2, -0.15) is 5.10 Å². The Morgan fingerprint density at radius 2 is 1.89 bits per heavy atom. The van der Waals surface area contributed by atoms with E-state index in [0.717, 1.165) is 46.4 Å². The SMILES string of the molecule is Cc1ccc(C(=O)N(C)C)cc1-c1ccc2c(N3CCOCC3)nncc2c1. The third kappa shape index (κ3) is 3.43. The maximum atomic E-state index is 12.4. The fourth-order valence-corrected chi connectivity index (χ4v) is 3.57. The molecule has 0 radical (unpaired) electrons. The molecule has 6 heteroatoms. The van der Waals surface area contributed by atoms with Crippen molar-refractivity contribution in [2.45, 2.75) is 6.92 Å². The van der Waals surface area contributed by atoms with Crippen LogP contribution in [0.1, 0.15) is 15.9 Å². The van der Waals surface area contributed by atoms with Gasteiger partial charge in [-0.05, 0) is 47.9 Å². The summed E-state index contributed by atoms with van der Waals surface area (Å²) in [5.41, 5.74) is 3.94. The molecule has 1 aliphatic heterocycles. The summed E-state index contributed by atoms with van der Waals surface area (Å²) in [5.74, 6) is 0.906. The Morgan fingerprint density at radius 3 is 2.64 bits per heavy atom. The molecule has 144 valence electrons. The van der Waals surface area contributed by atoms with Crippen LogP contribution in [0.25, 0.3) is 21.9 Å². The number of hydrogen-bond donors (Lipinski definition) is 0. The quantitative estimate of drug-likeness (QED) is 0.703. The number of carbonyl (C=O) groups is 1. The Balaban J connectivity index is 1.76. The first-order chi connectivity index (χ1) is 13.5. The van der Waals surface area contributed by atoms with E-state index in [4.69, 9.17) is 4.74 Å². The van der Waals surface area contributed by atoms with Gasteiger partial charge >= 0.3 is 0 Å². The van der Waals surface area contributed by atoms with Crippen LogP contribution in [0.4, 0.5) is 5.82 Å². The van der Waals surface area contributed by atoms with Crippen molar-refractivity contribution in [3.63, 3.8) is 0 Å². The molecule has 0 saturated carbocycles. The van der Waals surface area contributed by atoms with Crippen molar-refractivity contribution in [1.29, 1.82) is 0 Å². The van der Waals surface area contributed by atoms with E-state index in [-0.39, 0.29) is 5.91 Å². The van der Waals surface area contributed by atoms with E-state index < -0.39 is 0 Å². The maximum absolute atomic E-state index is 12.4. The van der Waals surface area contributed by atoms with Crippen LogP contribution in [-0.4, -0.2) is 61.4 Å². The van der Waals surface area contributed by atoms with Gasteiger partial charge in [0.25, 0.3) is 5.91 Å². The number of fused-ring (bicyclic) bond motifs is 1. The van der Waals surface area contributed by atoms with Gasteiger partial charge in [-0.1, -0.05) is 12.1 Å². The van der Waals surface area contributed by atoms with Crippen LogP contribution in [-0.2, 0) is 4.74 Å². The molecule has 0 bridgehead atoms. The maximum Gasteiger partial charge on any atom is 0.253 e. The number of rotatable bonds is 3. The number of aromatic nitrogens is 2. The van der Waals surface area contributed by atoms with Crippen LogP contribution in [0.2, 0.25) is 0 Å². The number of benzene rings is 2. The van der Waals surface area contributed by atoms with Crippen molar-refractivity contribution in [3.8, 4) is 11.1 Å². The zero-order chi connectivity index (χ0) is 19.7. The lowest BCUT2D eigenvalue weighted by molar-refractivity contribution is 0.0827. The van der Waals surface area contributed by atoms with Crippen LogP contribution in [0.15, 0.2) is 42.6 Å². The summed E-state index contributed by atoms with van der Waals surface area (Å²) < 4.78 is 5.45. The van der Waals surface area contributed by atoms with Crippen molar-refractivity contribution in [1.82, 2.24) is 15.1 Å². The molecule has 1 aromatic heterocycles. The number of carbonyl (C=O) groups excluding carboxylic acids is 1. The summed E-state index contributed by atoms with van der Waals surface area (Å²) in [5, 5.41) is 10.7. The summed E-state index contributed by atoms with van der Waals surface area (Å²) in [6.45, 7) is 5.13. The fraction of sp³-hybridized carbons (Fsp3) is 0.318. The number of aryl methyl sites for hydroxylation is 1. The van der Waals surface area contributed by atoms with Crippen molar-refractivity contribution in [2.75, 3.05) is 45.3 Å². The topological polar surface area (TPSA) is 58.6 Å². The second kappa shape index (κ2) is 7.56. The van der Waals surface area contributed by atoms with Crippen molar-refractivity contribution >= 4 is 22.5 Å². The number of anilines is 1. The zero-order valence-electron chi connectivity index (χ0n) is 16.5. The van der Waals surface area contributed by atoms with Gasteiger partial charge in [0.05, 0.1) is 19.4 Å². The van der Waals surface area contributed by atoms with Crippen molar-refractivity contribution in [3.05, 3.63) is 53.7 Å². The average Bonchev–Trinajstić information content (AvgIpc) is 2.73. The number of morpholine rings is 1. The molecule has 4 rings (SSSR count). The minimum atomic E-state index is 0.00232. The van der Waals surface area contributed by atoms with E-state index in [9.17, 15) is 4.79 Å². The minimum Gasteiger partial charge on any atom is -0.378 e. The van der Waals surface area contributed by atoms with Gasteiger partial charge in [-0.25, -0.2) is 0 Å². The molecule has 1 aliphatic rings. The Hall–Kier alpha value is -2.99. The van der Waals surface area contributed by atoms with Gasteiger partial charge in [0.1, 0.15) is 0 Å². The predicted molar refractivity (Wildman–Crippen MR) is 111 cm³/mol. The second-order valence-electron chi connectivity index (χ2n) is 7.30. The van der Waals surface area contributed by atoms with E-state index in [2.05, 4.69) is 40.2 Å². The molecule has 3 aromatic rings. The predicted octanol–water partition coefficient (Wildman–Crippen LogP) is 3.14. The van der Waals surface area contributed by atoms with Gasteiger partial charge in [0.2, 0.25) is 0 Å². The smallest absolute Gasteiger partial charge is 0.253 e. The Bertz CT molecular complexity index is 1030.